The Morgan fingerprint density at radius 1 is 0.907 bits per heavy atom. The second-order valence-corrected chi connectivity index (χ2v) is 10.8. The minimum absolute atomic E-state index is 0.00576. The van der Waals surface area contributed by atoms with E-state index in [1.807, 2.05) is 36.4 Å². The zero-order valence-corrected chi connectivity index (χ0v) is 23.3. The van der Waals surface area contributed by atoms with Crippen LogP contribution in [0, 0.1) is 0 Å². The molecule has 0 spiro atoms. The number of carbonyl (C=O) groups excluding carboxylic acids is 1. The Balaban J connectivity index is 1.38. The van der Waals surface area contributed by atoms with Crippen molar-refractivity contribution in [3.63, 3.8) is 0 Å². The molecule has 1 atom stereocenters. The van der Waals surface area contributed by atoms with Crippen molar-refractivity contribution in [1.82, 2.24) is 4.90 Å². The van der Waals surface area contributed by atoms with Gasteiger partial charge in [0, 0.05) is 19.5 Å². The number of alkyl halides is 6. The highest BCUT2D eigenvalue weighted by molar-refractivity contribution is 6.33. The van der Waals surface area contributed by atoms with Gasteiger partial charge in [-0.15, -0.1) is 0 Å². The minimum atomic E-state index is -6.06. The summed E-state index contributed by atoms with van der Waals surface area (Å²) in [7, 11) is 0. The molecule has 0 aliphatic carbocycles. The normalized spacial score (nSPS) is 18.0. The summed E-state index contributed by atoms with van der Waals surface area (Å²) in [6.07, 6.45) is -10.2. The van der Waals surface area contributed by atoms with E-state index in [1.165, 1.54) is 18.2 Å². The van der Waals surface area contributed by atoms with Crippen molar-refractivity contribution < 1.29 is 36.2 Å². The molecule has 3 aromatic carbocycles. The third-order valence-corrected chi connectivity index (χ3v) is 7.99. The van der Waals surface area contributed by atoms with Crippen LogP contribution in [0.1, 0.15) is 35.6 Å². The quantitative estimate of drug-likeness (QED) is 0.293. The number of hydrazone groups is 1. The maximum absolute atomic E-state index is 13.7. The van der Waals surface area contributed by atoms with E-state index in [1.54, 1.807) is 35.2 Å². The van der Waals surface area contributed by atoms with Crippen molar-refractivity contribution in [3.8, 4) is 0 Å². The lowest BCUT2D eigenvalue weighted by Gasteiger charge is -2.32. The summed E-state index contributed by atoms with van der Waals surface area (Å²) < 4.78 is 82.3. The molecule has 12 heteroatoms. The first-order valence-corrected chi connectivity index (χ1v) is 13.8. The van der Waals surface area contributed by atoms with Gasteiger partial charge in [-0.05, 0) is 40.8 Å². The highest BCUT2D eigenvalue weighted by Crippen LogP contribution is 2.49. The van der Waals surface area contributed by atoms with Gasteiger partial charge >= 0.3 is 12.4 Å². The number of halogens is 7. The molecule has 1 amide bonds. The molecule has 0 radical (unpaired) electrons. The Morgan fingerprint density at radius 3 is 2.12 bits per heavy atom. The Morgan fingerprint density at radius 2 is 1.53 bits per heavy atom. The van der Waals surface area contributed by atoms with Crippen LogP contribution in [0.3, 0.4) is 0 Å². The average Bonchev–Trinajstić information content (AvgIpc) is 3.42. The number of anilines is 1. The number of hydrogen-bond acceptors (Lipinski definition) is 4. The van der Waals surface area contributed by atoms with Crippen molar-refractivity contribution in [2.75, 3.05) is 18.1 Å². The number of amides is 1. The first-order valence-electron chi connectivity index (χ1n) is 13.4. The average molecular weight is 622 g/mol. The zero-order chi connectivity index (χ0) is 31.0. The van der Waals surface area contributed by atoms with Crippen LogP contribution in [0.4, 0.5) is 32.0 Å². The summed E-state index contributed by atoms with van der Waals surface area (Å²) in [6.45, 7) is 0.920. The van der Waals surface area contributed by atoms with Gasteiger partial charge in [0.2, 0.25) is 5.91 Å². The standard InChI is InChI=1S/C31H26ClF6N3O2/c32-24-8-4-5-9-25(24)41-26(19-27(39-41)29(43,30(33,34)35)31(36,37)38)23-12-10-21(11-13-23)22-14-16-40(17-15-22)28(42)18-20-6-2-1-3-7-20/h1-14,26,43H,15-19H2. The van der Waals surface area contributed by atoms with Gasteiger partial charge in [-0.2, -0.15) is 31.4 Å². The number of carbonyl (C=O) groups is 1. The van der Waals surface area contributed by atoms with Gasteiger partial charge in [0.15, 0.2) is 0 Å². The molecule has 2 heterocycles. The van der Waals surface area contributed by atoms with E-state index in [0.29, 0.717) is 31.5 Å². The van der Waals surface area contributed by atoms with Crippen molar-refractivity contribution in [1.29, 1.82) is 0 Å². The molecule has 1 N–H and O–H groups in total. The summed E-state index contributed by atoms with van der Waals surface area (Å²) >= 11 is 6.25. The first kappa shape index (κ1) is 30.6. The highest BCUT2D eigenvalue weighted by Gasteiger charge is 2.74. The molecule has 0 saturated heterocycles. The lowest BCUT2D eigenvalue weighted by Crippen LogP contribution is -2.62. The highest BCUT2D eigenvalue weighted by atomic mass is 35.5. The molecule has 43 heavy (non-hydrogen) atoms. The SMILES string of the molecule is O=C(Cc1ccccc1)N1CC=C(c2ccc(C3CC(C(O)(C(F)(F)F)C(F)(F)F)=NN3c3ccccc3Cl)cc2)CC1. The first-order chi connectivity index (χ1) is 20.3. The molecule has 0 aromatic heterocycles. The van der Waals surface area contributed by atoms with Crippen LogP contribution in [0.25, 0.3) is 5.57 Å². The van der Waals surface area contributed by atoms with Crippen LogP contribution in [0.2, 0.25) is 5.02 Å². The van der Waals surface area contributed by atoms with E-state index in [4.69, 9.17) is 11.6 Å². The van der Waals surface area contributed by atoms with Crippen molar-refractivity contribution in [3.05, 3.63) is 107 Å². The van der Waals surface area contributed by atoms with Crippen LogP contribution >= 0.6 is 11.6 Å². The fraction of sp³-hybridized carbons (Fsp3) is 0.290. The van der Waals surface area contributed by atoms with Crippen LogP contribution in [-0.4, -0.2) is 52.7 Å². The largest absolute Gasteiger partial charge is 0.431 e. The molecule has 0 bridgehead atoms. The fourth-order valence-corrected chi connectivity index (χ4v) is 5.52. The maximum atomic E-state index is 13.7. The second-order valence-electron chi connectivity index (χ2n) is 10.4. The molecule has 2 aliphatic heterocycles. The summed E-state index contributed by atoms with van der Waals surface area (Å²) in [5.41, 5.74) is -3.44. The van der Waals surface area contributed by atoms with Gasteiger partial charge in [0.25, 0.3) is 5.60 Å². The number of nitrogens with zero attached hydrogens (tertiary/aromatic N) is 3. The Labute approximate surface area is 248 Å². The van der Waals surface area contributed by atoms with Gasteiger partial charge in [0.05, 0.1) is 28.9 Å². The fourth-order valence-electron chi connectivity index (χ4n) is 5.30. The van der Waals surface area contributed by atoms with E-state index in [2.05, 4.69) is 5.10 Å². The van der Waals surface area contributed by atoms with E-state index < -0.39 is 36.1 Å². The van der Waals surface area contributed by atoms with Gasteiger partial charge in [-0.3, -0.25) is 9.80 Å². The van der Waals surface area contributed by atoms with E-state index in [-0.39, 0.29) is 16.6 Å². The lowest BCUT2D eigenvalue weighted by molar-refractivity contribution is -0.338. The third kappa shape index (κ3) is 6.01. The number of hydrogen-bond donors (Lipinski definition) is 1. The summed E-state index contributed by atoms with van der Waals surface area (Å²) in [6, 6.07) is 20.9. The van der Waals surface area contributed by atoms with E-state index in [0.717, 1.165) is 21.7 Å². The van der Waals surface area contributed by atoms with Gasteiger partial charge < -0.3 is 10.0 Å². The summed E-state index contributed by atoms with van der Waals surface area (Å²) in [5, 5.41) is 14.8. The van der Waals surface area contributed by atoms with Crippen molar-refractivity contribution in [2.45, 2.75) is 43.3 Å². The van der Waals surface area contributed by atoms with E-state index in [9.17, 15) is 36.2 Å². The van der Waals surface area contributed by atoms with Gasteiger partial charge in [-0.25, -0.2) is 0 Å². The predicted molar refractivity (Wildman–Crippen MR) is 152 cm³/mol. The smallest absolute Gasteiger partial charge is 0.369 e. The van der Waals surface area contributed by atoms with E-state index >= 15 is 0 Å². The minimum Gasteiger partial charge on any atom is -0.369 e. The van der Waals surface area contributed by atoms with Crippen molar-refractivity contribution >= 4 is 34.5 Å². The Bertz CT molecular complexity index is 1520. The monoisotopic (exact) mass is 621 g/mol. The lowest BCUT2D eigenvalue weighted by atomic mass is 9.89. The van der Waals surface area contributed by atoms with Gasteiger partial charge in [-0.1, -0.05) is 84.4 Å². The van der Waals surface area contributed by atoms with Crippen molar-refractivity contribution in [2.24, 2.45) is 5.10 Å². The molecule has 5 nitrogen and oxygen atoms in total. The zero-order valence-electron chi connectivity index (χ0n) is 22.5. The number of benzene rings is 3. The maximum Gasteiger partial charge on any atom is 0.431 e. The molecule has 0 fully saturated rings. The third-order valence-electron chi connectivity index (χ3n) is 7.67. The number of rotatable bonds is 6. The Kier molecular flexibility index (Phi) is 8.32. The van der Waals surface area contributed by atoms with Crippen LogP contribution in [0.15, 0.2) is 90.0 Å². The van der Waals surface area contributed by atoms with Crippen LogP contribution in [0.5, 0.6) is 0 Å². The predicted octanol–water partition coefficient (Wildman–Crippen LogP) is 7.36. The molecular formula is C31H26ClF6N3O2. The molecule has 5 rings (SSSR count). The number of para-hydroxylation sites is 1. The Hall–Kier alpha value is -3.83. The van der Waals surface area contributed by atoms with Crippen LogP contribution in [-0.2, 0) is 11.2 Å². The molecule has 226 valence electrons. The second kappa shape index (κ2) is 11.7. The van der Waals surface area contributed by atoms with Crippen LogP contribution < -0.4 is 5.01 Å². The number of aliphatic hydroxyl groups is 1. The molecule has 3 aromatic rings. The molecular weight excluding hydrogens is 596 g/mol. The summed E-state index contributed by atoms with van der Waals surface area (Å²) in [5.74, 6) is 0.00576. The molecule has 1 unspecified atom stereocenters. The summed E-state index contributed by atoms with van der Waals surface area (Å²) in [4.78, 5) is 14.5. The molecule has 0 saturated carbocycles. The topological polar surface area (TPSA) is 56.1 Å². The molecule has 2 aliphatic rings. The van der Waals surface area contributed by atoms with Gasteiger partial charge in [0.1, 0.15) is 0 Å².